The number of amides is 1. The van der Waals surface area contributed by atoms with E-state index in [4.69, 9.17) is 21.6 Å². The number of para-hydroxylation sites is 1. The first-order valence-corrected chi connectivity index (χ1v) is 8.55. The zero-order valence-corrected chi connectivity index (χ0v) is 15.4. The molecule has 2 aromatic carbocycles. The lowest BCUT2D eigenvalue weighted by atomic mass is 10.2. The molecule has 0 aliphatic heterocycles. The van der Waals surface area contributed by atoms with Crippen molar-refractivity contribution in [1.29, 1.82) is 5.26 Å². The van der Waals surface area contributed by atoms with E-state index in [1.807, 2.05) is 30.3 Å². The van der Waals surface area contributed by atoms with Crippen LogP contribution in [0.15, 0.2) is 53.0 Å². The lowest BCUT2D eigenvalue weighted by molar-refractivity contribution is -0.124. The van der Waals surface area contributed by atoms with Crippen LogP contribution in [0.4, 0.5) is 5.69 Å². The molecule has 0 aliphatic carbocycles. The molecule has 0 aromatic heterocycles. The van der Waals surface area contributed by atoms with Crippen molar-refractivity contribution in [2.75, 3.05) is 11.4 Å². The predicted molar refractivity (Wildman–Crippen MR) is 98.3 cm³/mol. The summed E-state index contributed by atoms with van der Waals surface area (Å²) in [5, 5.41) is 9.42. The number of nitriles is 1. The van der Waals surface area contributed by atoms with E-state index in [2.05, 4.69) is 22.0 Å². The Kier molecular flexibility index (Phi) is 6.65. The maximum Gasteiger partial charge on any atom is 0.267 e. The van der Waals surface area contributed by atoms with Crippen LogP contribution < -0.4 is 9.64 Å². The Bertz CT molecular complexity index is 746. The van der Waals surface area contributed by atoms with Crippen molar-refractivity contribution in [2.45, 2.75) is 19.4 Å². The van der Waals surface area contributed by atoms with Crippen LogP contribution >= 0.6 is 27.5 Å². The standard InChI is InChI=1S/C18H16BrClN2O2/c1-13(24-17-9-8-14(20)12-16(17)19)18(23)22(11-5-10-21)15-6-3-2-4-7-15/h2-4,6-9,12-13H,5,11H2,1H3/t13-/m0/s1. The number of carbonyl (C=O) groups is 1. The predicted octanol–water partition coefficient (Wildman–Crippen LogP) is 4.82. The normalized spacial score (nSPS) is 11.4. The van der Waals surface area contributed by atoms with Gasteiger partial charge in [0.25, 0.3) is 5.91 Å². The van der Waals surface area contributed by atoms with E-state index in [9.17, 15) is 4.79 Å². The summed E-state index contributed by atoms with van der Waals surface area (Å²) in [6, 6.07) is 16.4. The lowest BCUT2D eigenvalue weighted by Crippen LogP contribution is -2.41. The first kappa shape index (κ1) is 18.3. The maximum atomic E-state index is 12.8. The second-order valence-corrected chi connectivity index (χ2v) is 6.36. The Labute approximate surface area is 154 Å². The number of ether oxygens (including phenoxy) is 1. The van der Waals surface area contributed by atoms with Crippen molar-refractivity contribution >= 4 is 39.1 Å². The van der Waals surface area contributed by atoms with Crippen molar-refractivity contribution in [3.8, 4) is 11.8 Å². The highest BCUT2D eigenvalue weighted by Gasteiger charge is 2.23. The molecule has 1 atom stereocenters. The number of carbonyl (C=O) groups excluding carboxylic acids is 1. The molecule has 0 radical (unpaired) electrons. The van der Waals surface area contributed by atoms with Gasteiger partial charge >= 0.3 is 0 Å². The average Bonchev–Trinajstić information content (AvgIpc) is 2.58. The summed E-state index contributed by atoms with van der Waals surface area (Å²) in [6.45, 7) is 2.00. The van der Waals surface area contributed by atoms with Gasteiger partial charge in [-0.15, -0.1) is 0 Å². The van der Waals surface area contributed by atoms with Gasteiger partial charge in [0.1, 0.15) is 5.75 Å². The molecule has 4 nitrogen and oxygen atoms in total. The molecule has 0 fully saturated rings. The molecule has 0 aliphatic rings. The van der Waals surface area contributed by atoms with Gasteiger partial charge in [0.05, 0.1) is 17.0 Å². The van der Waals surface area contributed by atoms with Gasteiger partial charge in [-0.2, -0.15) is 5.26 Å². The summed E-state index contributed by atoms with van der Waals surface area (Å²) in [4.78, 5) is 14.3. The van der Waals surface area contributed by atoms with E-state index in [-0.39, 0.29) is 12.3 Å². The maximum absolute atomic E-state index is 12.8. The second kappa shape index (κ2) is 8.72. The number of nitrogens with zero attached hydrogens (tertiary/aromatic N) is 2. The minimum absolute atomic E-state index is 0.210. The van der Waals surface area contributed by atoms with Crippen LogP contribution in [0.2, 0.25) is 5.02 Å². The minimum atomic E-state index is -0.707. The molecule has 1 amide bonds. The van der Waals surface area contributed by atoms with Crippen molar-refractivity contribution < 1.29 is 9.53 Å². The zero-order chi connectivity index (χ0) is 17.5. The Morgan fingerprint density at radius 3 is 2.67 bits per heavy atom. The monoisotopic (exact) mass is 406 g/mol. The molecule has 0 unspecified atom stereocenters. The van der Waals surface area contributed by atoms with E-state index in [1.165, 1.54) is 0 Å². The van der Waals surface area contributed by atoms with Crippen molar-refractivity contribution in [2.24, 2.45) is 0 Å². The first-order valence-electron chi connectivity index (χ1n) is 7.38. The fourth-order valence-electron chi connectivity index (χ4n) is 2.17. The van der Waals surface area contributed by atoms with Gasteiger partial charge in [-0.25, -0.2) is 0 Å². The van der Waals surface area contributed by atoms with Gasteiger partial charge in [0, 0.05) is 17.3 Å². The highest BCUT2D eigenvalue weighted by Crippen LogP contribution is 2.29. The topological polar surface area (TPSA) is 53.3 Å². The Hall–Kier alpha value is -2.03. The van der Waals surface area contributed by atoms with E-state index in [0.29, 0.717) is 21.8 Å². The molecule has 24 heavy (non-hydrogen) atoms. The quantitative estimate of drug-likeness (QED) is 0.690. The largest absolute Gasteiger partial charge is 0.480 e. The molecule has 2 aromatic rings. The summed E-state index contributed by atoms with van der Waals surface area (Å²) in [7, 11) is 0. The van der Waals surface area contributed by atoms with Crippen LogP contribution in [-0.2, 0) is 4.79 Å². The highest BCUT2D eigenvalue weighted by atomic mass is 79.9. The van der Waals surface area contributed by atoms with Crippen molar-refractivity contribution in [3.63, 3.8) is 0 Å². The lowest BCUT2D eigenvalue weighted by Gasteiger charge is -2.25. The number of benzene rings is 2. The third kappa shape index (κ3) is 4.73. The van der Waals surface area contributed by atoms with Crippen molar-refractivity contribution in [3.05, 3.63) is 58.0 Å². The van der Waals surface area contributed by atoms with Crippen LogP contribution in [0.25, 0.3) is 0 Å². The molecule has 2 rings (SSSR count). The van der Waals surface area contributed by atoms with E-state index in [1.54, 1.807) is 30.0 Å². The number of rotatable bonds is 6. The van der Waals surface area contributed by atoms with Gasteiger partial charge in [-0.1, -0.05) is 29.8 Å². The van der Waals surface area contributed by atoms with Gasteiger partial charge in [-0.3, -0.25) is 4.79 Å². The zero-order valence-electron chi connectivity index (χ0n) is 13.1. The number of hydrogen-bond donors (Lipinski definition) is 0. The first-order chi connectivity index (χ1) is 11.5. The molecular weight excluding hydrogens is 392 g/mol. The molecule has 124 valence electrons. The van der Waals surface area contributed by atoms with Gasteiger partial charge < -0.3 is 9.64 Å². The molecular formula is C18H16BrClN2O2. The summed E-state index contributed by atoms with van der Waals surface area (Å²) >= 11 is 9.28. The number of hydrogen-bond acceptors (Lipinski definition) is 3. The van der Waals surface area contributed by atoms with Crippen molar-refractivity contribution in [1.82, 2.24) is 0 Å². The minimum Gasteiger partial charge on any atom is -0.480 e. The Balaban J connectivity index is 2.17. The van der Waals surface area contributed by atoms with Crippen LogP contribution in [0.1, 0.15) is 13.3 Å². The van der Waals surface area contributed by atoms with Crippen LogP contribution in [0.3, 0.4) is 0 Å². The second-order valence-electron chi connectivity index (χ2n) is 5.07. The molecule has 6 heteroatoms. The van der Waals surface area contributed by atoms with Gasteiger partial charge in [-0.05, 0) is 53.2 Å². The number of anilines is 1. The van der Waals surface area contributed by atoms with E-state index in [0.717, 1.165) is 5.69 Å². The van der Waals surface area contributed by atoms with E-state index < -0.39 is 6.10 Å². The fourth-order valence-corrected chi connectivity index (χ4v) is 2.94. The smallest absolute Gasteiger partial charge is 0.267 e. The van der Waals surface area contributed by atoms with Gasteiger partial charge in [0.15, 0.2) is 6.10 Å². The summed E-state index contributed by atoms with van der Waals surface area (Å²) in [5.41, 5.74) is 0.739. The molecule has 0 saturated carbocycles. The summed E-state index contributed by atoms with van der Waals surface area (Å²) in [5.74, 6) is 0.326. The molecule has 0 N–H and O–H groups in total. The van der Waals surface area contributed by atoms with E-state index >= 15 is 0 Å². The van der Waals surface area contributed by atoms with Crippen LogP contribution in [0, 0.1) is 11.3 Å². The molecule has 0 heterocycles. The third-order valence-electron chi connectivity index (χ3n) is 3.33. The SMILES string of the molecule is C[C@H](Oc1ccc(Cl)cc1Br)C(=O)N(CCC#N)c1ccccc1. The van der Waals surface area contributed by atoms with Gasteiger partial charge in [0.2, 0.25) is 0 Å². The summed E-state index contributed by atoms with van der Waals surface area (Å²) in [6.07, 6.45) is -0.459. The molecule has 0 bridgehead atoms. The molecule has 0 saturated heterocycles. The Morgan fingerprint density at radius 2 is 2.04 bits per heavy atom. The Morgan fingerprint density at radius 1 is 1.33 bits per heavy atom. The number of halogens is 2. The average molecular weight is 408 g/mol. The van der Waals surface area contributed by atoms with Crippen LogP contribution in [-0.4, -0.2) is 18.6 Å². The van der Waals surface area contributed by atoms with Crippen LogP contribution in [0.5, 0.6) is 5.75 Å². The highest BCUT2D eigenvalue weighted by molar-refractivity contribution is 9.10. The third-order valence-corrected chi connectivity index (χ3v) is 4.18. The molecule has 0 spiro atoms. The fraction of sp³-hybridized carbons (Fsp3) is 0.222. The summed E-state index contributed by atoms with van der Waals surface area (Å²) < 4.78 is 6.44.